The summed E-state index contributed by atoms with van der Waals surface area (Å²) in [6.45, 7) is 11.9. The van der Waals surface area contributed by atoms with Crippen molar-refractivity contribution in [3.63, 3.8) is 0 Å². The fourth-order valence-electron chi connectivity index (χ4n) is 13.5. The first-order chi connectivity index (χ1) is 51.2. The Labute approximate surface area is 651 Å². The van der Waals surface area contributed by atoms with Gasteiger partial charge in [0, 0.05) is 25.7 Å². The number of unbranched alkanes of at least 4 members (excludes halogenated alkanes) is 53. The minimum Gasteiger partial charge on any atom is -0.462 e. The largest absolute Gasteiger partial charge is 0.472 e. The fraction of sp³-hybridized carbons (Fsp3) is 0.954. The highest BCUT2D eigenvalue weighted by atomic mass is 31.2. The van der Waals surface area contributed by atoms with E-state index in [0.717, 1.165) is 108 Å². The molecule has 0 aliphatic carbocycles. The van der Waals surface area contributed by atoms with Crippen molar-refractivity contribution in [2.45, 2.75) is 478 Å². The van der Waals surface area contributed by atoms with E-state index >= 15 is 0 Å². The van der Waals surface area contributed by atoms with Gasteiger partial charge in [-0.2, -0.15) is 0 Å². The van der Waals surface area contributed by atoms with Gasteiger partial charge in [0.2, 0.25) is 0 Å². The van der Waals surface area contributed by atoms with Gasteiger partial charge in [0.25, 0.3) is 0 Å². The third kappa shape index (κ3) is 80.1. The van der Waals surface area contributed by atoms with Crippen molar-refractivity contribution in [1.29, 1.82) is 0 Å². The lowest BCUT2D eigenvalue weighted by Gasteiger charge is -2.21. The lowest BCUT2D eigenvalue weighted by molar-refractivity contribution is -0.161. The SMILES string of the molecule is CCCCCCCCCCCCCCCCCCCCCCCC(=O)O[C@H](COC(=O)CCCCCCCCCCCCCCCCCCC(C)C)COP(=O)(O)OC[C@@H](O)COP(=O)(O)OC[C@@H](COC(=O)CCCCCCCCC(C)C)OC(=O)CCCCCCCCCCCCCCCCC(C)C. The van der Waals surface area contributed by atoms with Gasteiger partial charge >= 0.3 is 39.5 Å². The molecule has 2 unspecified atom stereocenters. The quantitative estimate of drug-likeness (QED) is 0.0222. The average molecular weight is 1550 g/mol. The van der Waals surface area contributed by atoms with Crippen LogP contribution in [0.4, 0.5) is 0 Å². The van der Waals surface area contributed by atoms with E-state index in [4.69, 9.17) is 37.0 Å². The van der Waals surface area contributed by atoms with Gasteiger partial charge < -0.3 is 33.8 Å². The molecule has 0 aliphatic heterocycles. The van der Waals surface area contributed by atoms with E-state index in [1.807, 2.05) is 0 Å². The Kier molecular flexibility index (Phi) is 75.6. The van der Waals surface area contributed by atoms with Crippen LogP contribution in [0.5, 0.6) is 0 Å². The summed E-state index contributed by atoms with van der Waals surface area (Å²) in [5.74, 6) is 0.181. The minimum absolute atomic E-state index is 0.107. The molecule has 5 atom stereocenters. The first kappa shape index (κ1) is 104. The second-order valence-electron chi connectivity index (χ2n) is 32.7. The smallest absolute Gasteiger partial charge is 0.462 e. The second-order valence-corrected chi connectivity index (χ2v) is 35.6. The van der Waals surface area contributed by atoms with Crippen LogP contribution in [-0.2, 0) is 65.4 Å². The summed E-state index contributed by atoms with van der Waals surface area (Å²) in [4.78, 5) is 73.2. The van der Waals surface area contributed by atoms with Crippen molar-refractivity contribution < 1.29 is 80.2 Å². The summed E-state index contributed by atoms with van der Waals surface area (Å²) >= 11 is 0. The molecule has 0 aliphatic rings. The van der Waals surface area contributed by atoms with Crippen molar-refractivity contribution in [2.24, 2.45) is 17.8 Å². The molecule has 0 aromatic carbocycles. The van der Waals surface area contributed by atoms with Gasteiger partial charge in [-0.3, -0.25) is 37.3 Å². The maximum atomic E-state index is 13.2. The third-order valence-corrected chi connectivity index (χ3v) is 22.3. The Morgan fingerprint density at radius 3 is 0.642 bits per heavy atom. The Morgan fingerprint density at radius 1 is 0.255 bits per heavy atom. The minimum atomic E-state index is -4.97. The van der Waals surface area contributed by atoms with Crippen molar-refractivity contribution in [1.82, 2.24) is 0 Å². The lowest BCUT2D eigenvalue weighted by atomic mass is 10.0. The normalized spacial score (nSPS) is 13.9. The van der Waals surface area contributed by atoms with Gasteiger partial charge in [-0.05, 0) is 43.4 Å². The highest BCUT2D eigenvalue weighted by molar-refractivity contribution is 7.47. The average Bonchev–Trinajstić information content (AvgIpc) is 0.901. The number of hydrogen-bond donors (Lipinski definition) is 3. The zero-order chi connectivity index (χ0) is 77.9. The molecule has 0 saturated carbocycles. The lowest BCUT2D eigenvalue weighted by Crippen LogP contribution is -2.30. The molecule has 106 heavy (non-hydrogen) atoms. The number of carbonyl (C=O) groups excluding carboxylic acids is 4. The first-order valence-electron chi connectivity index (χ1n) is 44.8. The molecule has 0 aromatic rings. The van der Waals surface area contributed by atoms with Crippen molar-refractivity contribution in [2.75, 3.05) is 39.6 Å². The molecular weight excluding hydrogens is 1380 g/mol. The van der Waals surface area contributed by atoms with Crippen molar-refractivity contribution in [3.8, 4) is 0 Å². The molecular formula is C87H170O17P2. The number of carbonyl (C=O) groups is 4. The molecule has 19 heteroatoms. The van der Waals surface area contributed by atoms with Crippen LogP contribution in [0.25, 0.3) is 0 Å². The van der Waals surface area contributed by atoms with Gasteiger partial charge in [-0.15, -0.1) is 0 Å². The van der Waals surface area contributed by atoms with Crippen molar-refractivity contribution >= 4 is 39.5 Å². The van der Waals surface area contributed by atoms with Crippen LogP contribution in [-0.4, -0.2) is 96.7 Å². The van der Waals surface area contributed by atoms with Crippen LogP contribution in [0.2, 0.25) is 0 Å². The molecule has 3 N–H and O–H groups in total. The number of ether oxygens (including phenoxy) is 4. The summed E-state index contributed by atoms with van der Waals surface area (Å²) in [5.41, 5.74) is 0. The second kappa shape index (κ2) is 77.0. The predicted octanol–water partition coefficient (Wildman–Crippen LogP) is 26.5. The van der Waals surface area contributed by atoms with Gasteiger partial charge in [0.05, 0.1) is 26.4 Å². The van der Waals surface area contributed by atoms with Gasteiger partial charge in [-0.1, -0.05) is 408 Å². The number of hydrogen-bond acceptors (Lipinski definition) is 15. The van der Waals surface area contributed by atoms with Crippen molar-refractivity contribution in [3.05, 3.63) is 0 Å². The zero-order valence-corrected chi connectivity index (χ0v) is 71.7. The highest BCUT2D eigenvalue weighted by Gasteiger charge is 2.30. The molecule has 630 valence electrons. The molecule has 0 bridgehead atoms. The summed E-state index contributed by atoms with van der Waals surface area (Å²) in [7, 11) is -9.93. The van der Waals surface area contributed by atoms with E-state index in [9.17, 15) is 43.2 Å². The molecule has 0 radical (unpaired) electrons. The number of esters is 4. The maximum absolute atomic E-state index is 13.2. The third-order valence-electron chi connectivity index (χ3n) is 20.4. The van der Waals surface area contributed by atoms with E-state index in [1.165, 1.54) is 263 Å². The van der Waals surface area contributed by atoms with E-state index < -0.39 is 97.5 Å². The standard InChI is InChI=1S/C87H170O17P2/c1-8-9-10-11-12-13-14-15-16-17-18-19-20-21-26-32-37-42-47-56-63-70-86(91)103-82(74-97-84(89)68-61-54-46-41-36-31-25-23-22-24-29-34-39-44-51-58-65-78(2)3)76-101-105(93,94)99-72-81(88)73-100-106(95,96)102-77-83(75-98-85(90)69-62-55-50-49-53-60-67-80(6)7)104-87(92)71-64-57-48-43-38-33-28-27-30-35-40-45-52-59-66-79(4)5/h78-83,88H,8-77H2,1-7H3,(H,93,94)(H,95,96)/t81-,82-,83-/m1/s1. The predicted molar refractivity (Wildman–Crippen MR) is 437 cm³/mol. The highest BCUT2D eigenvalue weighted by Crippen LogP contribution is 2.45. The molecule has 17 nitrogen and oxygen atoms in total. The van der Waals surface area contributed by atoms with Crippen LogP contribution in [0.3, 0.4) is 0 Å². The molecule has 0 amide bonds. The molecule has 0 heterocycles. The molecule has 0 aromatic heterocycles. The van der Waals surface area contributed by atoms with E-state index in [-0.39, 0.29) is 25.7 Å². The number of rotatable bonds is 85. The maximum Gasteiger partial charge on any atom is 0.472 e. The molecule has 0 rings (SSSR count). The Balaban J connectivity index is 5.21. The molecule has 0 fully saturated rings. The van der Waals surface area contributed by atoms with Gasteiger partial charge in [-0.25, -0.2) is 9.13 Å². The molecule has 0 spiro atoms. The number of phosphoric ester groups is 2. The summed E-state index contributed by atoms with van der Waals surface area (Å²) in [5, 5.41) is 10.7. The van der Waals surface area contributed by atoms with E-state index in [0.29, 0.717) is 31.6 Å². The van der Waals surface area contributed by atoms with Gasteiger partial charge in [0.1, 0.15) is 19.3 Å². The monoisotopic (exact) mass is 1550 g/mol. The fourth-order valence-corrected chi connectivity index (χ4v) is 15.1. The Bertz CT molecular complexity index is 2040. The number of aliphatic hydroxyl groups is 1. The first-order valence-corrected chi connectivity index (χ1v) is 47.8. The summed E-state index contributed by atoms with van der Waals surface area (Å²) in [6, 6.07) is 0. The number of aliphatic hydroxyl groups excluding tert-OH is 1. The van der Waals surface area contributed by atoms with Crippen LogP contribution in [0.1, 0.15) is 459 Å². The Hall–Kier alpha value is -1.94. The summed E-state index contributed by atoms with van der Waals surface area (Å²) in [6.07, 6.45) is 68.3. The Morgan fingerprint density at radius 2 is 0.434 bits per heavy atom. The van der Waals surface area contributed by atoms with Crippen LogP contribution in [0, 0.1) is 17.8 Å². The van der Waals surface area contributed by atoms with Crippen LogP contribution in [0.15, 0.2) is 0 Å². The van der Waals surface area contributed by atoms with Crippen LogP contribution < -0.4 is 0 Å². The molecule has 0 saturated heterocycles. The van der Waals surface area contributed by atoms with E-state index in [2.05, 4.69) is 48.5 Å². The zero-order valence-electron chi connectivity index (χ0n) is 69.9. The summed E-state index contributed by atoms with van der Waals surface area (Å²) < 4.78 is 68.9. The van der Waals surface area contributed by atoms with Gasteiger partial charge in [0.15, 0.2) is 12.2 Å². The van der Waals surface area contributed by atoms with Crippen LogP contribution >= 0.6 is 15.6 Å². The van der Waals surface area contributed by atoms with E-state index in [1.54, 1.807) is 0 Å². The number of phosphoric acid groups is 2. The topological polar surface area (TPSA) is 237 Å².